The second kappa shape index (κ2) is 7.67. The highest BCUT2D eigenvalue weighted by atomic mass is 35.5. The molecule has 0 fully saturated rings. The summed E-state index contributed by atoms with van der Waals surface area (Å²) < 4.78 is 5.62. The van der Waals surface area contributed by atoms with Gasteiger partial charge in [-0.15, -0.1) is 0 Å². The first-order valence-electron chi connectivity index (χ1n) is 7.55. The molecule has 3 aromatic rings. The van der Waals surface area contributed by atoms with Crippen LogP contribution in [0.5, 0.6) is 0 Å². The van der Waals surface area contributed by atoms with Gasteiger partial charge in [0, 0.05) is 24.6 Å². The lowest BCUT2D eigenvalue weighted by atomic mass is 10.2. The third-order valence-corrected chi connectivity index (χ3v) is 3.75. The Kier molecular flexibility index (Phi) is 5.15. The number of carbonyl (C=O) groups excluding carboxylic acids is 2. The fourth-order valence-electron chi connectivity index (χ4n) is 2.16. The van der Waals surface area contributed by atoms with E-state index in [1.165, 1.54) is 0 Å². The zero-order valence-corrected chi connectivity index (χ0v) is 13.8. The van der Waals surface area contributed by atoms with Crippen LogP contribution < -0.4 is 10.9 Å². The number of carbonyl (C=O) groups is 2. The van der Waals surface area contributed by atoms with Gasteiger partial charge in [-0.1, -0.05) is 23.7 Å². The van der Waals surface area contributed by atoms with E-state index in [9.17, 15) is 9.59 Å². The Morgan fingerprint density at radius 1 is 1.16 bits per heavy atom. The van der Waals surface area contributed by atoms with Crippen molar-refractivity contribution in [3.05, 3.63) is 65.4 Å². The molecule has 1 aromatic carbocycles. The van der Waals surface area contributed by atoms with Gasteiger partial charge >= 0.3 is 0 Å². The van der Waals surface area contributed by atoms with E-state index < -0.39 is 5.91 Å². The van der Waals surface area contributed by atoms with Crippen molar-refractivity contribution in [2.24, 2.45) is 0 Å². The molecule has 8 heteroatoms. The molecule has 2 aromatic heterocycles. The molecule has 128 valence electrons. The molecule has 2 heterocycles. The summed E-state index contributed by atoms with van der Waals surface area (Å²) in [5.41, 5.74) is 5.76. The van der Waals surface area contributed by atoms with Crippen LogP contribution in [0.15, 0.2) is 53.2 Å². The van der Waals surface area contributed by atoms with Crippen LogP contribution in [0.1, 0.15) is 22.8 Å². The Morgan fingerprint density at radius 2 is 2.00 bits per heavy atom. The van der Waals surface area contributed by atoms with Crippen molar-refractivity contribution in [2.75, 3.05) is 0 Å². The summed E-state index contributed by atoms with van der Waals surface area (Å²) in [7, 11) is 0. The molecular formula is C17H15ClN4O3. The first kappa shape index (κ1) is 16.8. The van der Waals surface area contributed by atoms with Gasteiger partial charge in [-0.2, -0.15) is 0 Å². The third kappa shape index (κ3) is 4.27. The number of aryl methyl sites for hydroxylation is 1. The van der Waals surface area contributed by atoms with Crippen LogP contribution in [0, 0.1) is 0 Å². The normalized spacial score (nSPS) is 10.4. The number of nitrogens with one attached hydrogen (secondary N) is 3. The number of hydrazine groups is 1. The summed E-state index contributed by atoms with van der Waals surface area (Å²) in [5.74, 6) is 0.190. The summed E-state index contributed by atoms with van der Waals surface area (Å²) in [4.78, 5) is 30.4. The minimum absolute atomic E-state index is 0.119. The van der Waals surface area contributed by atoms with Crippen LogP contribution in [0.4, 0.5) is 0 Å². The van der Waals surface area contributed by atoms with Gasteiger partial charge in [0.1, 0.15) is 5.69 Å². The van der Waals surface area contributed by atoms with Gasteiger partial charge in [-0.25, -0.2) is 4.98 Å². The number of hydrogen-bond donors (Lipinski definition) is 3. The van der Waals surface area contributed by atoms with E-state index in [-0.39, 0.29) is 12.3 Å². The second-order valence-corrected chi connectivity index (χ2v) is 5.59. The van der Waals surface area contributed by atoms with Crippen molar-refractivity contribution in [2.45, 2.75) is 12.8 Å². The maximum absolute atomic E-state index is 11.8. The lowest BCUT2D eigenvalue weighted by Gasteiger charge is -2.05. The Balaban J connectivity index is 1.50. The SMILES string of the molecule is O=C(CCc1ncc(-c2ccccc2Cl)o1)NNC(=O)c1ccc[nH]1. The van der Waals surface area contributed by atoms with Crippen molar-refractivity contribution in [3.8, 4) is 11.3 Å². The van der Waals surface area contributed by atoms with Crippen molar-refractivity contribution < 1.29 is 14.0 Å². The number of rotatable bonds is 5. The summed E-state index contributed by atoms with van der Waals surface area (Å²) in [5, 5.41) is 0.565. The number of aromatic amines is 1. The maximum Gasteiger partial charge on any atom is 0.286 e. The molecule has 2 amide bonds. The second-order valence-electron chi connectivity index (χ2n) is 5.18. The van der Waals surface area contributed by atoms with Crippen molar-refractivity contribution in [1.82, 2.24) is 20.8 Å². The quantitative estimate of drug-likeness (QED) is 0.610. The molecule has 0 spiro atoms. The van der Waals surface area contributed by atoms with Crippen molar-refractivity contribution in [1.29, 1.82) is 0 Å². The monoisotopic (exact) mass is 358 g/mol. The van der Waals surface area contributed by atoms with Gasteiger partial charge in [0.25, 0.3) is 5.91 Å². The van der Waals surface area contributed by atoms with E-state index in [0.29, 0.717) is 28.8 Å². The largest absolute Gasteiger partial charge is 0.441 e. The molecule has 3 rings (SSSR count). The van der Waals surface area contributed by atoms with E-state index in [0.717, 1.165) is 5.56 Å². The van der Waals surface area contributed by atoms with Crippen LogP contribution in [0.2, 0.25) is 5.02 Å². The van der Waals surface area contributed by atoms with Crippen LogP contribution in [-0.4, -0.2) is 21.8 Å². The molecule has 0 atom stereocenters. The van der Waals surface area contributed by atoms with Crippen molar-refractivity contribution in [3.63, 3.8) is 0 Å². The Hall–Kier alpha value is -3.06. The number of halogens is 1. The third-order valence-electron chi connectivity index (χ3n) is 3.42. The molecule has 3 N–H and O–H groups in total. The van der Waals surface area contributed by atoms with E-state index >= 15 is 0 Å². The predicted molar refractivity (Wildman–Crippen MR) is 91.7 cm³/mol. The molecule has 25 heavy (non-hydrogen) atoms. The standard InChI is InChI=1S/C17H15ClN4O3/c18-12-5-2-1-4-11(12)14-10-20-16(25-14)8-7-15(23)21-22-17(24)13-6-3-9-19-13/h1-6,9-10,19H,7-8H2,(H,21,23)(H,22,24). The van der Waals surface area contributed by atoms with Gasteiger partial charge in [-0.05, 0) is 24.3 Å². The van der Waals surface area contributed by atoms with Crippen molar-refractivity contribution >= 4 is 23.4 Å². The number of benzene rings is 1. The molecule has 0 radical (unpaired) electrons. The van der Waals surface area contributed by atoms with E-state index in [1.807, 2.05) is 18.2 Å². The number of H-pyrrole nitrogens is 1. The zero-order chi connectivity index (χ0) is 17.6. The van der Waals surface area contributed by atoms with Crippen LogP contribution >= 0.6 is 11.6 Å². The van der Waals surface area contributed by atoms with Gasteiger partial charge in [-0.3, -0.25) is 20.4 Å². The predicted octanol–water partition coefficient (Wildman–Crippen LogP) is 2.72. The highest BCUT2D eigenvalue weighted by Crippen LogP contribution is 2.28. The maximum atomic E-state index is 11.8. The molecule has 7 nitrogen and oxygen atoms in total. The summed E-state index contributed by atoms with van der Waals surface area (Å²) in [6.45, 7) is 0. The Labute approximate surface area is 148 Å². The van der Waals surface area contributed by atoms with Gasteiger partial charge < -0.3 is 9.40 Å². The fourth-order valence-corrected chi connectivity index (χ4v) is 2.39. The highest BCUT2D eigenvalue weighted by Gasteiger charge is 2.12. The number of oxazole rings is 1. The van der Waals surface area contributed by atoms with Gasteiger partial charge in [0.05, 0.1) is 11.2 Å². The Morgan fingerprint density at radius 3 is 2.76 bits per heavy atom. The molecule has 0 saturated heterocycles. The van der Waals surface area contributed by atoms with E-state index in [2.05, 4.69) is 20.8 Å². The van der Waals surface area contributed by atoms with E-state index in [1.54, 1.807) is 30.6 Å². The van der Waals surface area contributed by atoms with Gasteiger partial charge in [0.15, 0.2) is 11.7 Å². The average Bonchev–Trinajstić information content (AvgIpc) is 3.30. The molecule has 0 aliphatic carbocycles. The first-order valence-corrected chi connectivity index (χ1v) is 7.93. The first-order chi connectivity index (χ1) is 12.1. The van der Waals surface area contributed by atoms with E-state index in [4.69, 9.17) is 16.0 Å². The van der Waals surface area contributed by atoms with Gasteiger partial charge in [0.2, 0.25) is 5.91 Å². The minimum atomic E-state index is -0.421. The van der Waals surface area contributed by atoms with Crippen LogP contribution in [0.25, 0.3) is 11.3 Å². The topological polar surface area (TPSA) is 100 Å². The fraction of sp³-hybridized carbons (Fsp3) is 0.118. The molecular weight excluding hydrogens is 344 g/mol. The molecule has 0 saturated carbocycles. The van der Waals surface area contributed by atoms with Crippen LogP contribution in [0.3, 0.4) is 0 Å². The minimum Gasteiger partial charge on any atom is -0.441 e. The number of hydrogen-bond acceptors (Lipinski definition) is 4. The summed E-state index contributed by atoms with van der Waals surface area (Å²) in [6, 6.07) is 10.6. The lowest BCUT2D eigenvalue weighted by Crippen LogP contribution is -2.41. The summed E-state index contributed by atoms with van der Waals surface area (Å²) >= 11 is 6.11. The lowest BCUT2D eigenvalue weighted by molar-refractivity contribution is -0.121. The molecule has 0 unspecified atom stereocenters. The number of amides is 2. The van der Waals surface area contributed by atoms with Crippen LogP contribution in [-0.2, 0) is 11.2 Å². The molecule has 0 aliphatic heterocycles. The smallest absolute Gasteiger partial charge is 0.286 e. The average molecular weight is 359 g/mol. The number of nitrogens with zero attached hydrogens (tertiary/aromatic N) is 1. The highest BCUT2D eigenvalue weighted by molar-refractivity contribution is 6.33. The number of aromatic nitrogens is 2. The molecule has 0 aliphatic rings. The summed E-state index contributed by atoms with van der Waals surface area (Å²) in [6.07, 6.45) is 3.61. The zero-order valence-electron chi connectivity index (χ0n) is 13.1. The molecule has 0 bridgehead atoms. The Bertz CT molecular complexity index is 874.